The van der Waals surface area contributed by atoms with Gasteiger partial charge in [-0.3, -0.25) is 0 Å². The summed E-state index contributed by atoms with van der Waals surface area (Å²) in [6.07, 6.45) is 7.85. The number of hydrogen-bond donors (Lipinski definition) is 0. The smallest absolute Gasteiger partial charge is 0.119 e. The van der Waals surface area contributed by atoms with Crippen molar-refractivity contribution < 1.29 is 4.74 Å². The maximum Gasteiger partial charge on any atom is 0.119 e. The van der Waals surface area contributed by atoms with Gasteiger partial charge in [0.25, 0.3) is 0 Å². The summed E-state index contributed by atoms with van der Waals surface area (Å²) in [7, 11) is 0. The summed E-state index contributed by atoms with van der Waals surface area (Å²) >= 11 is 0. The van der Waals surface area contributed by atoms with Gasteiger partial charge in [-0.2, -0.15) is 5.26 Å². The van der Waals surface area contributed by atoms with Crippen LogP contribution in [0.5, 0.6) is 5.75 Å². The Morgan fingerprint density at radius 2 is 1.48 bits per heavy atom. The van der Waals surface area contributed by atoms with Crippen LogP contribution in [0.15, 0.2) is 61.2 Å². The van der Waals surface area contributed by atoms with Crippen molar-refractivity contribution in [3.63, 3.8) is 0 Å². The third-order valence-corrected chi connectivity index (χ3v) is 3.77. The predicted octanol–water partition coefficient (Wildman–Crippen LogP) is 5.74. The van der Waals surface area contributed by atoms with Crippen molar-refractivity contribution in [3.05, 3.63) is 66.7 Å². The van der Waals surface area contributed by atoms with Crippen LogP contribution in [0.1, 0.15) is 37.7 Å². The van der Waals surface area contributed by atoms with E-state index in [4.69, 9.17) is 10.00 Å². The topological polar surface area (TPSA) is 33.0 Å². The Balaban J connectivity index is 1.78. The van der Waals surface area contributed by atoms with Crippen LogP contribution < -0.4 is 4.74 Å². The minimum atomic E-state index is 0.682. The van der Waals surface area contributed by atoms with Crippen LogP contribution in [0.2, 0.25) is 0 Å². The monoisotopic (exact) mass is 305 g/mol. The number of rotatable bonds is 9. The molecular weight excluding hydrogens is 282 g/mol. The molecule has 0 spiro atoms. The van der Waals surface area contributed by atoms with E-state index in [2.05, 4.69) is 24.8 Å². The molecule has 0 aliphatic carbocycles. The second kappa shape index (κ2) is 9.48. The summed E-state index contributed by atoms with van der Waals surface area (Å²) in [6, 6.07) is 17.9. The standard InChI is InChI=1S/C21H23NO/c1-2-3-4-5-6-7-16-23-21-14-12-20(13-15-21)19-10-8-18(17-22)9-11-19/h2,8-15H,1,3-7,16H2. The Morgan fingerprint density at radius 3 is 2.09 bits per heavy atom. The van der Waals surface area contributed by atoms with Gasteiger partial charge in [0.1, 0.15) is 5.75 Å². The fraction of sp³-hybridized carbons (Fsp3) is 0.286. The molecule has 0 amide bonds. The minimum absolute atomic E-state index is 0.682. The van der Waals surface area contributed by atoms with E-state index in [1.165, 1.54) is 19.3 Å². The zero-order valence-electron chi connectivity index (χ0n) is 13.5. The molecule has 0 atom stereocenters. The molecule has 23 heavy (non-hydrogen) atoms. The van der Waals surface area contributed by atoms with E-state index in [-0.39, 0.29) is 0 Å². The molecule has 0 N–H and O–H groups in total. The molecule has 0 bridgehead atoms. The van der Waals surface area contributed by atoms with Gasteiger partial charge in [-0.1, -0.05) is 43.2 Å². The number of hydrogen-bond acceptors (Lipinski definition) is 2. The Morgan fingerprint density at radius 1 is 0.870 bits per heavy atom. The van der Waals surface area contributed by atoms with Gasteiger partial charge in [0, 0.05) is 0 Å². The average molecular weight is 305 g/mol. The third kappa shape index (κ3) is 5.64. The molecule has 118 valence electrons. The highest BCUT2D eigenvalue weighted by atomic mass is 16.5. The Bertz CT molecular complexity index is 635. The number of allylic oxidation sites excluding steroid dienone is 1. The van der Waals surface area contributed by atoms with Crippen LogP contribution in [0.4, 0.5) is 0 Å². The van der Waals surface area contributed by atoms with Crippen LogP contribution in [-0.4, -0.2) is 6.61 Å². The summed E-state index contributed by atoms with van der Waals surface area (Å²) < 4.78 is 5.78. The second-order valence-corrected chi connectivity index (χ2v) is 5.55. The van der Waals surface area contributed by atoms with Crippen molar-refractivity contribution in [2.45, 2.75) is 32.1 Å². The number of benzene rings is 2. The fourth-order valence-corrected chi connectivity index (χ4v) is 2.42. The third-order valence-electron chi connectivity index (χ3n) is 3.77. The van der Waals surface area contributed by atoms with Crippen molar-refractivity contribution in [3.8, 4) is 22.9 Å². The highest BCUT2D eigenvalue weighted by molar-refractivity contribution is 5.64. The first kappa shape index (κ1) is 16.8. The normalized spacial score (nSPS) is 10.0. The summed E-state index contributed by atoms with van der Waals surface area (Å²) in [4.78, 5) is 0. The Kier molecular flexibility index (Phi) is 6.94. The minimum Gasteiger partial charge on any atom is -0.494 e. The summed E-state index contributed by atoms with van der Waals surface area (Å²) in [6.45, 7) is 4.50. The van der Waals surface area contributed by atoms with E-state index in [9.17, 15) is 0 Å². The van der Waals surface area contributed by atoms with Gasteiger partial charge in [-0.15, -0.1) is 6.58 Å². The Labute approximate surface area is 139 Å². The predicted molar refractivity (Wildman–Crippen MR) is 95.4 cm³/mol. The molecule has 0 unspecified atom stereocenters. The van der Waals surface area contributed by atoms with Crippen molar-refractivity contribution in [1.29, 1.82) is 5.26 Å². The van der Waals surface area contributed by atoms with Crippen LogP contribution in [0.25, 0.3) is 11.1 Å². The summed E-state index contributed by atoms with van der Waals surface area (Å²) in [5.74, 6) is 0.911. The van der Waals surface area contributed by atoms with E-state index < -0.39 is 0 Å². The summed E-state index contributed by atoms with van der Waals surface area (Å²) in [5, 5.41) is 8.83. The molecule has 2 rings (SSSR count). The molecule has 0 aliphatic rings. The molecule has 2 aromatic carbocycles. The number of unbranched alkanes of at least 4 members (excludes halogenated alkanes) is 4. The fourth-order valence-electron chi connectivity index (χ4n) is 2.42. The van der Waals surface area contributed by atoms with Crippen LogP contribution in [0.3, 0.4) is 0 Å². The molecule has 0 heterocycles. The maximum atomic E-state index is 8.83. The lowest BCUT2D eigenvalue weighted by Gasteiger charge is -2.07. The SMILES string of the molecule is C=CCCCCCCOc1ccc(-c2ccc(C#N)cc2)cc1. The van der Waals surface area contributed by atoms with Crippen molar-refractivity contribution in [2.24, 2.45) is 0 Å². The van der Waals surface area contributed by atoms with Gasteiger partial charge in [0.15, 0.2) is 0 Å². The van der Waals surface area contributed by atoms with Crippen molar-refractivity contribution >= 4 is 0 Å². The molecule has 0 aromatic heterocycles. The van der Waals surface area contributed by atoms with Gasteiger partial charge in [-0.05, 0) is 54.7 Å². The van der Waals surface area contributed by atoms with Crippen molar-refractivity contribution in [2.75, 3.05) is 6.61 Å². The largest absolute Gasteiger partial charge is 0.494 e. The van der Waals surface area contributed by atoms with E-state index in [0.29, 0.717) is 5.56 Å². The zero-order chi connectivity index (χ0) is 16.3. The lowest BCUT2D eigenvalue weighted by atomic mass is 10.0. The van der Waals surface area contributed by atoms with Gasteiger partial charge in [0.05, 0.1) is 18.2 Å². The van der Waals surface area contributed by atoms with E-state index >= 15 is 0 Å². The second-order valence-electron chi connectivity index (χ2n) is 5.55. The first-order chi connectivity index (χ1) is 11.3. The summed E-state index contributed by atoms with van der Waals surface area (Å²) in [5.41, 5.74) is 2.92. The van der Waals surface area contributed by atoms with Gasteiger partial charge in [0.2, 0.25) is 0 Å². The zero-order valence-corrected chi connectivity index (χ0v) is 13.5. The lowest BCUT2D eigenvalue weighted by Crippen LogP contribution is -1.97. The van der Waals surface area contributed by atoms with Gasteiger partial charge < -0.3 is 4.74 Å². The first-order valence-corrected chi connectivity index (χ1v) is 8.18. The molecule has 0 saturated heterocycles. The number of nitriles is 1. The van der Waals surface area contributed by atoms with E-state index in [0.717, 1.165) is 36.3 Å². The van der Waals surface area contributed by atoms with Crippen LogP contribution >= 0.6 is 0 Å². The molecule has 0 radical (unpaired) electrons. The molecule has 2 aromatic rings. The van der Waals surface area contributed by atoms with Gasteiger partial charge >= 0.3 is 0 Å². The van der Waals surface area contributed by atoms with Crippen LogP contribution in [0, 0.1) is 11.3 Å². The van der Waals surface area contributed by atoms with Crippen molar-refractivity contribution in [1.82, 2.24) is 0 Å². The molecule has 0 aliphatic heterocycles. The molecular formula is C21H23NO. The first-order valence-electron chi connectivity index (χ1n) is 8.18. The van der Waals surface area contributed by atoms with E-state index in [1.807, 2.05) is 42.5 Å². The quantitative estimate of drug-likeness (QED) is 0.437. The average Bonchev–Trinajstić information content (AvgIpc) is 2.61. The molecule has 2 nitrogen and oxygen atoms in total. The molecule has 0 fully saturated rings. The Hall–Kier alpha value is -2.53. The maximum absolute atomic E-state index is 8.83. The highest BCUT2D eigenvalue weighted by Gasteiger charge is 1.99. The highest BCUT2D eigenvalue weighted by Crippen LogP contribution is 2.23. The van der Waals surface area contributed by atoms with E-state index in [1.54, 1.807) is 0 Å². The number of ether oxygens (including phenoxy) is 1. The van der Waals surface area contributed by atoms with Crippen LogP contribution in [-0.2, 0) is 0 Å². The number of nitrogens with zero attached hydrogens (tertiary/aromatic N) is 1. The van der Waals surface area contributed by atoms with Gasteiger partial charge in [-0.25, -0.2) is 0 Å². The molecule has 0 saturated carbocycles. The molecule has 2 heteroatoms. The lowest BCUT2D eigenvalue weighted by molar-refractivity contribution is 0.305.